The lowest BCUT2D eigenvalue weighted by molar-refractivity contribution is 0.588. The van der Waals surface area contributed by atoms with Gasteiger partial charge in [0.25, 0.3) is 0 Å². The molecule has 0 amide bonds. The number of aryl methyl sites for hydroxylation is 2. The third-order valence-corrected chi connectivity index (χ3v) is 6.23. The van der Waals surface area contributed by atoms with E-state index in [9.17, 15) is 8.42 Å². The maximum absolute atomic E-state index is 12.1. The Kier molecular flexibility index (Phi) is 5.58. The molecule has 0 bridgehead atoms. The number of nitrogens with zero attached hydrogens (tertiary/aromatic N) is 3. The van der Waals surface area contributed by atoms with Gasteiger partial charge in [-0.1, -0.05) is 18.2 Å². The van der Waals surface area contributed by atoms with Crippen LogP contribution < -0.4 is 10.0 Å². The second kappa shape index (κ2) is 8.33. The molecule has 0 aliphatic rings. The number of hydrogen-bond acceptors (Lipinski definition) is 5. The number of sulfonamides is 1. The van der Waals surface area contributed by atoms with Crippen LogP contribution in [0.25, 0.3) is 16.9 Å². The first-order valence-electron chi connectivity index (χ1n) is 9.76. The van der Waals surface area contributed by atoms with Crippen LogP contribution in [0.1, 0.15) is 11.3 Å². The van der Waals surface area contributed by atoms with Gasteiger partial charge >= 0.3 is 0 Å². The summed E-state index contributed by atoms with van der Waals surface area (Å²) in [5.74, 6) is 0.603. The standard InChI is InChI=1S/C23H23N5O2S/c1-16-6-4-8-20(12-16)28-22(13-17(2)27-28)18-10-11-25-23(14-18)26-19-7-5-9-21(15-19)31(29,30)24-3/h4-15,24H,1-3H3,(H,25,26). The minimum absolute atomic E-state index is 0.185. The van der Waals surface area contributed by atoms with Crippen LogP contribution in [0.5, 0.6) is 0 Å². The number of pyridine rings is 1. The molecule has 0 unspecified atom stereocenters. The van der Waals surface area contributed by atoms with Crippen molar-refractivity contribution >= 4 is 21.5 Å². The lowest BCUT2D eigenvalue weighted by Crippen LogP contribution is -2.18. The topological polar surface area (TPSA) is 88.9 Å². The van der Waals surface area contributed by atoms with E-state index in [0.29, 0.717) is 11.5 Å². The molecule has 0 fully saturated rings. The Bertz CT molecular complexity index is 1350. The van der Waals surface area contributed by atoms with Gasteiger partial charge in [-0.15, -0.1) is 0 Å². The summed E-state index contributed by atoms with van der Waals surface area (Å²) in [6, 6.07) is 20.6. The van der Waals surface area contributed by atoms with Gasteiger partial charge in [0.1, 0.15) is 5.82 Å². The zero-order chi connectivity index (χ0) is 22.0. The summed E-state index contributed by atoms with van der Waals surface area (Å²) in [5.41, 5.74) is 5.57. The fourth-order valence-corrected chi connectivity index (χ4v) is 4.10. The molecule has 2 aromatic carbocycles. The predicted molar refractivity (Wildman–Crippen MR) is 122 cm³/mol. The van der Waals surface area contributed by atoms with Crippen LogP contribution >= 0.6 is 0 Å². The lowest BCUT2D eigenvalue weighted by Gasteiger charge is -2.11. The van der Waals surface area contributed by atoms with Crippen molar-refractivity contribution < 1.29 is 8.42 Å². The van der Waals surface area contributed by atoms with Gasteiger partial charge in [-0.25, -0.2) is 22.8 Å². The summed E-state index contributed by atoms with van der Waals surface area (Å²) < 4.78 is 28.4. The third kappa shape index (κ3) is 4.50. The SMILES string of the molecule is CNS(=O)(=O)c1cccc(Nc2cc(-c3cc(C)nn3-c3cccc(C)c3)ccn2)c1. The van der Waals surface area contributed by atoms with Crippen LogP contribution in [0.2, 0.25) is 0 Å². The lowest BCUT2D eigenvalue weighted by atomic mass is 10.1. The van der Waals surface area contributed by atoms with Crippen LogP contribution in [0.4, 0.5) is 11.5 Å². The van der Waals surface area contributed by atoms with E-state index >= 15 is 0 Å². The Hall–Kier alpha value is -3.49. The molecule has 0 saturated carbocycles. The van der Waals surface area contributed by atoms with Gasteiger partial charge < -0.3 is 5.32 Å². The first kappa shape index (κ1) is 20.8. The summed E-state index contributed by atoms with van der Waals surface area (Å²) in [4.78, 5) is 4.57. The number of aromatic nitrogens is 3. The molecule has 2 N–H and O–H groups in total. The van der Waals surface area contributed by atoms with Gasteiger partial charge in [0.2, 0.25) is 10.0 Å². The maximum atomic E-state index is 12.1. The molecule has 8 heteroatoms. The summed E-state index contributed by atoms with van der Waals surface area (Å²) in [6.45, 7) is 4.01. The second-order valence-corrected chi connectivity index (χ2v) is 9.10. The number of nitrogens with one attached hydrogen (secondary N) is 2. The number of anilines is 2. The molecule has 0 atom stereocenters. The number of benzene rings is 2. The van der Waals surface area contributed by atoms with Gasteiger partial charge in [0.05, 0.1) is 22.0 Å². The first-order chi connectivity index (χ1) is 14.9. The normalized spacial score (nSPS) is 11.5. The average Bonchev–Trinajstić information content (AvgIpc) is 3.16. The molecule has 0 radical (unpaired) electrons. The van der Waals surface area contributed by atoms with Crippen molar-refractivity contribution in [2.75, 3.05) is 12.4 Å². The fraction of sp³-hybridized carbons (Fsp3) is 0.130. The van der Waals surface area contributed by atoms with E-state index < -0.39 is 10.0 Å². The maximum Gasteiger partial charge on any atom is 0.240 e. The van der Waals surface area contributed by atoms with Crippen LogP contribution in [0.15, 0.2) is 77.8 Å². The molecule has 4 aromatic rings. The Balaban J connectivity index is 1.69. The quantitative estimate of drug-likeness (QED) is 0.476. The van der Waals surface area contributed by atoms with Gasteiger partial charge in [-0.2, -0.15) is 5.10 Å². The van der Waals surface area contributed by atoms with E-state index in [-0.39, 0.29) is 4.90 Å². The van der Waals surface area contributed by atoms with Crippen molar-refractivity contribution in [1.82, 2.24) is 19.5 Å². The molecule has 0 spiro atoms. The molecule has 4 rings (SSSR count). The first-order valence-corrected chi connectivity index (χ1v) is 11.2. The van der Waals surface area contributed by atoms with Gasteiger partial charge in [0.15, 0.2) is 0 Å². The van der Waals surface area contributed by atoms with Crippen molar-refractivity contribution in [3.05, 3.63) is 84.2 Å². The Morgan fingerprint density at radius 1 is 0.935 bits per heavy atom. The Morgan fingerprint density at radius 3 is 2.52 bits per heavy atom. The molecule has 31 heavy (non-hydrogen) atoms. The summed E-state index contributed by atoms with van der Waals surface area (Å²) >= 11 is 0. The third-order valence-electron chi connectivity index (χ3n) is 4.82. The van der Waals surface area contributed by atoms with Crippen LogP contribution in [-0.4, -0.2) is 30.2 Å². The fourth-order valence-electron chi connectivity index (χ4n) is 3.33. The zero-order valence-corrected chi connectivity index (χ0v) is 18.3. The molecule has 2 heterocycles. The molecule has 0 aliphatic carbocycles. The molecule has 2 aromatic heterocycles. The summed E-state index contributed by atoms with van der Waals surface area (Å²) in [6.07, 6.45) is 1.72. The number of hydrogen-bond donors (Lipinski definition) is 2. The summed E-state index contributed by atoms with van der Waals surface area (Å²) in [5, 5.41) is 7.86. The monoisotopic (exact) mass is 433 g/mol. The van der Waals surface area contributed by atoms with E-state index in [1.165, 1.54) is 7.05 Å². The van der Waals surface area contributed by atoms with Gasteiger partial charge in [-0.3, -0.25) is 0 Å². The average molecular weight is 434 g/mol. The molecule has 0 saturated heterocycles. The van der Waals surface area contributed by atoms with Crippen LogP contribution in [0, 0.1) is 13.8 Å². The zero-order valence-electron chi connectivity index (χ0n) is 17.5. The summed E-state index contributed by atoms with van der Waals surface area (Å²) in [7, 11) is -2.13. The smallest absolute Gasteiger partial charge is 0.240 e. The van der Waals surface area contributed by atoms with Gasteiger partial charge in [0, 0.05) is 17.4 Å². The van der Waals surface area contributed by atoms with Crippen molar-refractivity contribution in [3.63, 3.8) is 0 Å². The predicted octanol–water partition coefficient (Wildman–Crippen LogP) is 4.20. The van der Waals surface area contributed by atoms with Crippen molar-refractivity contribution in [2.45, 2.75) is 18.7 Å². The molecular weight excluding hydrogens is 410 g/mol. The van der Waals surface area contributed by atoms with E-state index in [1.807, 2.05) is 41.9 Å². The highest BCUT2D eigenvalue weighted by Gasteiger charge is 2.13. The van der Waals surface area contributed by atoms with E-state index in [0.717, 1.165) is 28.2 Å². The molecular formula is C23H23N5O2S. The number of rotatable bonds is 6. The van der Waals surface area contributed by atoms with Crippen molar-refractivity contribution in [2.24, 2.45) is 0 Å². The van der Waals surface area contributed by atoms with Crippen molar-refractivity contribution in [3.8, 4) is 16.9 Å². The highest BCUT2D eigenvalue weighted by atomic mass is 32.2. The minimum Gasteiger partial charge on any atom is -0.340 e. The van der Waals surface area contributed by atoms with E-state index in [1.54, 1.807) is 30.5 Å². The van der Waals surface area contributed by atoms with Gasteiger partial charge in [-0.05, 0) is 75.0 Å². The van der Waals surface area contributed by atoms with Crippen molar-refractivity contribution in [1.29, 1.82) is 0 Å². The van der Waals surface area contributed by atoms with E-state index in [4.69, 9.17) is 0 Å². The molecule has 7 nitrogen and oxygen atoms in total. The molecule has 158 valence electrons. The largest absolute Gasteiger partial charge is 0.340 e. The Morgan fingerprint density at radius 2 is 1.74 bits per heavy atom. The second-order valence-electron chi connectivity index (χ2n) is 7.21. The Labute approximate surface area is 181 Å². The van der Waals surface area contributed by atoms with E-state index in [2.05, 4.69) is 39.2 Å². The van der Waals surface area contributed by atoms with Crippen LogP contribution in [-0.2, 0) is 10.0 Å². The molecule has 0 aliphatic heterocycles. The minimum atomic E-state index is -3.52. The van der Waals surface area contributed by atoms with Crippen LogP contribution in [0.3, 0.4) is 0 Å². The highest BCUT2D eigenvalue weighted by molar-refractivity contribution is 7.89. The highest BCUT2D eigenvalue weighted by Crippen LogP contribution is 2.27.